The Balaban J connectivity index is 1.73. The van der Waals surface area contributed by atoms with Gasteiger partial charge in [0.05, 0.1) is 7.11 Å². The number of ether oxygens (including phenoxy) is 3. The third-order valence-corrected chi connectivity index (χ3v) is 5.32. The van der Waals surface area contributed by atoms with Crippen LogP contribution in [-0.2, 0) is 22.6 Å². The van der Waals surface area contributed by atoms with Crippen molar-refractivity contribution in [3.63, 3.8) is 0 Å². The molecule has 32 heavy (non-hydrogen) atoms. The number of amides is 2. The highest BCUT2D eigenvalue weighted by Gasteiger charge is 2.26. The molecule has 7 heteroatoms. The second-order valence-electron chi connectivity index (χ2n) is 8.19. The molecule has 1 N–H and O–H groups in total. The second-order valence-corrected chi connectivity index (χ2v) is 8.19. The van der Waals surface area contributed by atoms with E-state index in [1.165, 1.54) is 0 Å². The van der Waals surface area contributed by atoms with Crippen molar-refractivity contribution in [2.75, 3.05) is 20.3 Å². The van der Waals surface area contributed by atoms with E-state index in [0.717, 1.165) is 16.9 Å². The van der Waals surface area contributed by atoms with Gasteiger partial charge in [-0.15, -0.1) is 0 Å². The second kappa shape index (κ2) is 10.9. The highest BCUT2D eigenvalue weighted by Crippen LogP contribution is 2.31. The minimum atomic E-state index is -0.601. The number of nitrogens with zero attached hydrogens (tertiary/aromatic N) is 1. The fourth-order valence-corrected chi connectivity index (χ4v) is 3.59. The molecular weight excluding hydrogens is 408 g/mol. The Morgan fingerprint density at radius 1 is 1.03 bits per heavy atom. The van der Waals surface area contributed by atoms with Gasteiger partial charge in [-0.05, 0) is 62.6 Å². The maximum atomic E-state index is 13.3. The summed E-state index contributed by atoms with van der Waals surface area (Å²) < 4.78 is 16.5. The quantitative estimate of drug-likeness (QED) is 0.647. The fourth-order valence-electron chi connectivity index (χ4n) is 3.59. The van der Waals surface area contributed by atoms with Crippen LogP contribution in [0, 0.1) is 0 Å². The Bertz CT molecular complexity index is 944. The molecule has 3 rings (SSSR count). The lowest BCUT2D eigenvalue weighted by Crippen LogP contribution is -2.49. The molecule has 1 atom stereocenters. The van der Waals surface area contributed by atoms with E-state index >= 15 is 0 Å². The molecular formula is C25H32N2O5. The number of aryl methyl sites for hydroxylation is 1. The maximum absolute atomic E-state index is 13.3. The number of hydrogen-bond donors (Lipinski definition) is 1. The summed E-state index contributed by atoms with van der Waals surface area (Å²) in [6, 6.07) is 12.7. The van der Waals surface area contributed by atoms with E-state index in [0.29, 0.717) is 37.7 Å². The highest BCUT2D eigenvalue weighted by atomic mass is 16.6. The fraction of sp³-hybridized carbons (Fsp3) is 0.440. The smallest absolute Gasteiger partial charge is 0.242 e. The number of nitrogens with one attached hydrogen (secondary N) is 1. The van der Waals surface area contributed by atoms with Crippen molar-refractivity contribution >= 4 is 11.8 Å². The molecule has 1 heterocycles. The predicted octanol–water partition coefficient (Wildman–Crippen LogP) is 3.34. The zero-order chi connectivity index (χ0) is 23.1. The van der Waals surface area contributed by atoms with Crippen molar-refractivity contribution in [1.82, 2.24) is 10.2 Å². The Morgan fingerprint density at radius 2 is 1.78 bits per heavy atom. The standard InChI is InChI=1S/C25H32N2O5/c1-17(2)26-25(29)18(3)27(16-20-6-5-7-21(14-20)30-4)24(28)11-9-19-8-10-22-23(15-19)32-13-12-31-22/h5-8,10,14-15,17-18H,9,11-13,16H2,1-4H3,(H,26,29)/t18-/m0/s1. The molecule has 0 saturated carbocycles. The van der Waals surface area contributed by atoms with Crippen molar-refractivity contribution in [3.05, 3.63) is 53.6 Å². The summed E-state index contributed by atoms with van der Waals surface area (Å²) in [6.45, 7) is 6.96. The van der Waals surface area contributed by atoms with Crippen molar-refractivity contribution in [2.24, 2.45) is 0 Å². The van der Waals surface area contributed by atoms with Gasteiger partial charge >= 0.3 is 0 Å². The molecule has 0 bridgehead atoms. The molecule has 0 spiro atoms. The largest absolute Gasteiger partial charge is 0.497 e. The monoisotopic (exact) mass is 440 g/mol. The highest BCUT2D eigenvalue weighted by molar-refractivity contribution is 5.87. The Morgan fingerprint density at radius 3 is 2.50 bits per heavy atom. The number of fused-ring (bicyclic) bond motifs is 1. The normalized spacial score (nSPS) is 13.4. The van der Waals surface area contributed by atoms with E-state index in [4.69, 9.17) is 14.2 Å². The van der Waals surface area contributed by atoms with E-state index in [1.54, 1.807) is 18.9 Å². The van der Waals surface area contributed by atoms with Crippen molar-refractivity contribution in [1.29, 1.82) is 0 Å². The molecule has 1 aliphatic rings. The van der Waals surface area contributed by atoms with Gasteiger partial charge < -0.3 is 24.4 Å². The molecule has 0 aliphatic carbocycles. The first kappa shape index (κ1) is 23.4. The number of rotatable bonds is 9. The lowest BCUT2D eigenvalue weighted by Gasteiger charge is -2.29. The SMILES string of the molecule is COc1cccc(CN(C(=O)CCc2ccc3c(c2)OCCO3)[C@@H](C)C(=O)NC(C)C)c1. The predicted molar refractivity (Wildman–Crippen MR) is 122 cm³/mol. The average molecular weight is 441 g/mol. The summed E-state index contributed by atoms with van der Waals surface area (Å²) in [5.41, 5.74) is 1.89. The Labute approximate surface area is 189 Å². The molecule has 2 aromatic carbocycles. The van der Waals surface area contributed by atoms with Gasteiger partial charge in [-0.1, -0.05) is 18.2 Å². The number of hydrogen-bond acceptors (Lipinski definition) is 5. The zero-order valence-corrected chi connectivity index (χ0v) is 19.2. The van der Waals surface area contributed by atoms with Crippen molar-refractivity contribution < 1.29 is 23.8 Å². The first-order chi connectivity index (χ1) is 15.4. The zero-order valence-electron chi connectivity index (χ0n) is 19.2. The molecule has 7 nitrogen and oxygen atoms in total. The summed E-state index contributed by atoms with van der Waals surface area (Å²) >= 11 is 0. The lowest BCUT2D eigenvalue weighted by atomic mass is 10.1. The molecule has 0 unspecified atom stereocenters. The van der Waals surface area contributed by atoms with Crippen LogP contribution in [0.25, 0.3) is 0 Å². The van der Waals surface area contributed by atoms with Crippen molar-refractivity contribution in [2.45, 2.75) is 52.2 Å². The van der Waals surface area contributed by atoms with Gasteiger partial charge in [0.2, 0.25) is 11.8 Å². The molecule has 1 aliphatic heterocycles. The average Bonchev–Trinajstić information content (AvgIpc) is 2.80. The van der Waals surface area contributed by atoms with Gasteiger partial charge in [0.25, 0.3) is 0 Å². The van der Waals surface area contributed by atoms with Crippen LogP contribution in [0.2, 0.25) is 0 Å². The van der Waals surface area contributed by atoms with Gasteiger partial charge in [-0.2, -0.15) is 0 Å². The van der Waals surface area contributed by atoms with Gasteiger partial charge in [-0.25, -0.2) is 0 Å². The van der Waals surface area contributed by atoms with Crippen LogP contribution in [0.15, 0.2) is 42.5 Å². The first-order valence-electron chi connectivity index (χ1n) is 11.0. The van der Waals surface area contributed by atoms with E-state index in [1.807, 2.05) is 56.3 Å². The van der Waals surface area contributed by atoms with Crippen LogP contribution in [0.5, 0.6) is 17.2 Å². The Kier molecular flexibility index (Phi) is 7.98. The molecule has 0 aromatic heterocycles. The van der Waals surface area contributed by atoms with E-state index in [9.17, 15) is 9.59 Å². The van der Waals surface area contributed by atoms with E-state index in [2.05, 4.69) is 5.32 Å². The van der Waals surface area contributed by atoms with E-state index in [-0.39, 0.29) is 24.3 Å². The molecule has 0 saturated heterocycles. The molecule has 2 aromatic rings. The number of carbonyl (C=O) groups excluding carboxylic acids is 2. The van der Waals surface area contributed by atoms with Crippen LogP contribution >= 0.6 is 0 Å². The van der Waals surface area contributed by atoms with Crippen LogP contribution in [0.3, 0.4) is 0 Å². The molecule has 0 radical (unpaired) electrons. The summed E-state index contributed by atoms with van der Waals surface area (Å²) in [5, 5.41) is 2.91. The van der Waals surface area contributed by atoms with Crippen LogP contribution in [0.4, 0.5) is 0 Å². The minimum Gasteiger partial charge on any atom is -0.497 e. The molecule has 172 valence electrons. The summed E-state index contributed by atoms with van der Waals surface area (Å²) in [7, 11) is 1.61. The summed E-state index contributed by atoms with van der Waals surface area (Å²) in [4.78, 5) is 27.6. The third kappa shape index (κ3) is 6.15. The van der Waals surface area contributed by atoms with Gasteiger partial charge in [-0.3, -0.25) is 9.59 Å². The van der Waals surface area contributed by atoms with Crippen LogP contribution in [-0.4, -0.2) is 49.1 Å². The molecule has 2 amide bonds. The molecule has 0 fully saturated rings. The summed E-state index contributed by atoms with van der Waals surface area (Å²) in [6.07, 6.45) is 0.825. The van der Waals surface area contributed by atoms with Crippen LogP contribution < -0.4 is 19.5 Å². The summed E-state index contributed by atoms with van der Waals surface area (Å²) in [5.74, 6) is 1.89. The number of benzene rings is 2. The lowest BCUT2D eigenvalue weighted by molar-refractivity contribution is -0.140. The van der Waals surface area contributed by atoms with Crippen LogP contribution in [0.1, 0.15) is 38.3 Å². The first-order valence-corrected chi connectivity index (χ1v) is 11.0. The topological polar surface area (TPSA) is 77.1 Å². The minimum absolute atomic E-state index is 0.00330. The van der Waals surface area contributed by atoms with Gasteiger partial charge in [0, 0.05) is 19.0 Å². The number of carbonyl (C=O) groups is 2. The van der Waals surface area contributed by atoms with Crippen molar-refractivity contribution in [3.8, 4) is 17.2 Å². The van der Waals surface area contributed by atoms with E-state index < -0.39 is 6.04 Å². The maximum Gasteiger partial charge on any atom is 0.242 e. The Hall–Kier alpha value is -3.22. The number of methoxy groups -OCH3 is 1. The van der Waals surface area contributed by atoms with Gasteiger partial charge in [0.1, 0.15) is 25.0 Å². The third-order valence-electron chi connectivity index (χ3n) is 5.32. The van der Waals surface area contributed by atoms with Gasteiger partial charge in [0.15, 0.2) is 11.5 Å².